The number of anilines is 2. The molecule has 4 atom stereocenters. The van der Waals surface area contributed by atoms with Crippen LogP contribution in [0.2, 0.25) is 0 Å². The van der Waals surface area contributed by atoms with Crippen molar-refractivity contribution in [3.8, 4) is 10.6 Å². The van der Waals surface area contributed by atoms with Crippen molar-refractivity contribution in [1.29, 1.82) is 0 Å². The highest BCUT2D eigenvalue weighted by atomic mass is 32.1. The van der Waals surface area contributed by atoms with E-state index in [4.69, 9.17) is 19.7 Å². The SMILES string of the molecule is Cc1nc(NCCN2CCOCC2)nc(NC2CC(C(C)(C)O)C(O)C2O)c1-c1nc2cnccc2s1. The molecule has 2 aliphatic rings. The Labute approximate surface area is 220 Å². The first-order chi connectivity index (χ1) is 17.7. The van der Waals surface area contributed by atoms with E-state index in [1.165, 1.54) is 11.3 Å². The van der Waals surface area contributed by atoms with Crippen molar-refractivity contribution in [2.75, 3.05) is 50.0 Å². The molecule has 1 aliphatic heterocycles. The van der Waals surface area contributed by atoms with E-state index in [0.29, 0.717) is 24.7 Å². The number of aliphatic hydroxyl groups excluding tert-OH is 2. The van der Waals surface area contributed by atoms with Gasteiger partial charge in [0.15, 0.2) is 0 Å². The van der Waals surface area contributed by atoms with E-state index >= 15 is 0 Å². The Balaban J connectivity index is 1.44. The van der Waals surface area contributed by atoms with Crippen molar-refractivity contribution in [3.63, 3.8) is 0 Å². The summed E-state index contributed by atoms with van der Waals surface area (Å²) in [5.74, 6) is 0.527. The molecular weight excluding hydrogens is 494 g/mol. The lowest BCUT2D eigenvalue weighted by Crippen LogP contribution is -2.40. The van der Waals surface area contributed by atoms with Gasteiger partial charge in [-0.25, -0.2) is 9.97 Å². The summed E-state index contributed by atoms with van der Waals surface area (Å²) in [6.45, 7) is 10.1. The molecule has 0 bridgehead atoms. The van der Waals surface area contributed by atoms with E-state index in [2.05, 4.69) is 20.5 Å². The van der Waals surface area contributed by atoms with Crippen LogP contribution in [0.4, 0.5) is 11.8 Å². The van der Waals surface area contributed by atoms with Crippen LogP contribution in [-0.4, -0.2) is 103 Å². The number of pyridine rings is 1. The van der Waals surface area contributed by atoms with Gasteiger partial charge in [0.1, 0.15) is 22.4 Å². The Morgan fingerprint density at radius 3 is 2.65 bits per heavy atom. The van der Waals surface area contributed by atoms with Crippen molar-refractivity contribution >= 4 is 33.3 Å². The molecule has 200 valence electrons. The van der Waals surface area contributed by atoms with E-state index in [1.807, 2.05) is 13.0 Å². The highest BCUT2D eigenvalue weighted by Crippen LogP contribution is 2.40. The first-order valence-corrected chi connectivity index (χ1v) is 13.5. The van der Waals surface area contributed by atoms with E-state index in [1.54, 1.807) is 26.2 Å². The molecule has 3 aromatic rings. The number of thiazole rings is 1. The summed E-state index contributed by atoms with van der Waals surface area (Å²) in [7, 11) is 0. The van der Waals surface area contributed by atoms with Gasteiger partial charge in [0.2, 0.25) is 5.95 Å². The normalized spacial score (nSPS) is 25.0. The Hall–Kier alpha value is -2.48. The molecule has 4 heterocycles. The van der Waals surface area contributed by atoms with Gasteiger partial charge in [-0.3, -0.25) is 9.88 Å². The van der Waals surface area contributed by atoms with Crippen molar-refractivity contribution < 1.29 is 20.1 Å². The molecule has 2 fully saturated rings. The van der Waals surface area contributed by atoms with Gasteiger partial charge in [0.25, 0.3) is 0 Å². The molecule has 0 radical (unpaired) electrons. The Morgan fingerprint density at radius 1 is 1.16 bits per heavy atom. The summed E-state index contributed by atoms with van der Waals surface area (Å²) < 4.78 is 6.42. The number of fused-ring (bicyclic) bond motifs is 1. The molecule has 5 N–H and O–H groups in total. The topological polar surface area (TPSA) is 149 Å². The molecule has 0 spiro atoms. The molecule has 0 amide bonds. The number of rotatable bonds is 8. The first-order valence-electron chi connectivity index (χ1n) is 12.7. The van der Waals surface area contributed by atoms with Crippen LogP contribution < -0.4 is 10.6 Å². The number of morpholine rings is 1. The average molecular weight is 530 g/mol. The van der Waals surface area contributed by atoms with Crippen molar-refractivity contribution in [1.82, 2.24) is 24.8 Å². The predicted molar refractivity (Wildman–Crippen MR) is 143 cm³/mol. The number of hydrogen-bond acceptors (Lipinski definition) is 12. The third-order valence-electron chi connectivity index (χ3n) is 7.22. The maximum Gasteiger partial charge on any atom is 0.224 e. The average Bonchev–Trinajstić information content (AvgIpc) is 3.41. The minimum Gasteiger partial charge on any atom is -0.390 e. The van der Waals surface area contributed by atoms with Gasteiger partial charge >= 0.3 is 0 Å². The Kier molecular flexibility index (Phi) is 7.57. The van der Waals surface area contributed by atoms with Crippen molar-refractivity contribution in [2.45, 2.75) is 51.0 Å². The second-order valence-corrected chi connectivity index (χ2v) is 11.4. The lowest BCUT2D eigenvalue weighted by molar-refractivity contribution is -0.0601. The number of nitrogens with one attached hydrogen (secondary N) is 2. The van der Waals surface area contributed by atoms with Gasteiger partial charge in [-0.1, -0.05) is 0 Å². The van der Waals surface area contributed by atoms with Gasteiger partial charge in [0.05, 0.1) is 53.1 Å². The zero-order valence-electron chi connectivity index (χ0n) is 21.4. The molecule has 1 saturated carbocycles. The standard InChI is InChI=1S/C25H35N7O4S/c1-14-19(23-30-17-13-26-5-4-18(17)37-23)22(29-16-12-15(25(2,3)35)20(33)21(16)34)31-24(28-14)27-6-7-32-8-10-36-11-9-32/h4-5,13,15-16,20-21,33-35H,6-12H2,1-3H3,(H2,27,28,29,31). The fourth-order valence-corrected chi connectivity index (χ4v) is 6.14. The van der Waals surface area contributed by atoms with Gasteiger partial charge in [-0.2, -0.15) is 4.98 Å². The molecule has 12 heteroatoms. The molecule has 4 unspecified atom stereocenters. The number of aromatic nitrogens is 4. The fraction of sp³-hybridized carbons (Fsp3) is 0.600. The number of hydrogen-bond donors (Lipinski definition) is 5. The summed E-state index contributed by atoms with van der Waals surface area (Å²) in [4.78, 5) is 20.8. The molecule has 0 aromatic carbocycles. The summed E-state index contributed by atoms with van der Waals surface area (Å²) in [6.07, 6.45) is 1.74. The maximum atomic E-state index is 10.8. The van der Waals surface area contributed by atoms with Crippen LogP contribution in [-0.2, 0) is 4.74 Å². The predicted octanol–water partition coefficient (Wildman–Crippen LogP) is 1.49. The zero-order chi connectivity index (χ0) is 26.2. The smallest absolute Gasteiger partial charge is 0.224 e. The Morgan fingerprint density at radius 2 is 1.95 bits per heavy atom. The minimum absolute atomic E-state index is 0.387. The summed E-state index contributed by atoms with van der Waals surface area (Å²) in [5.41, 5.74) is 1.14. The lowest BCUT2D eigenvalue weighted by Gasteiger charge is -2.28. The molecular formula is C25H35N7O4S. The number of nitrogens with zero attached hydrogens (tertiary/aromatic N) is 5. The number of aliphatic hydroxyl groups is 3. The second kappa shape index (κ2) is 10.7. The summed E-state index contributed by atoms with van der Waals surface area (Å²) in [5, 5.41) is 39.5. The Bertz CT molecular complexity index is 1190. The summed E-state index contributed by atoms with van der Waals surface area (Å²) >= 11 is 1.52. The van der Waals surface area contributed by atoms with Crippen molar-refractivity contribution in [3.05, 3.63) is 24.2 Å². The van der Waals surface area contributed by atoms with Gasteiger partial charge in [-0.15, -0.1) is 11.3 Å². The van der Waals surface area contributed by atoms with Crippen LogP contribution in [0.25, 0.3) is 20.8 Å². The molecule has 3 aromatic heterocycles. The van der Waals surface area contributed by atoms with Crippen LogP contribution in [0.1, 0.15) is 26.0 Å². The molecule has 11 nitrogen and oxygen atoms in total. The van der Waals surface area contributed by atoms with E-state index in [-0.39, 0.29) is 0 Å². The van der Waals surface area contributed by atoms with Gasteiger partial charge in [0, 0.05) is 38.3 Å². The largest absolute Gasteiger partial charge is 0.390 e. The van der Waals surface area contributed by atoms with Crippen LogP contribution in [0.5, 0.6) is 0 Å². The van der Waals surface area contributed by atoms with E-state index < -0.39 is 29.8 Å². The van der Waals surface area contributed by atoms with Crippen LogP contribution in [0, 0.1) is 12.8 Å². The quantitative estimate of drug-likeness (QED) is 0.289. The summed E-state index contributed by atoms with van der Waals surface area (Å²) in [6, 6.07) is 1.42. The number of aryl methyl sites for hydroxylation is 1. The van der Waals surface area contributed by atoms with Crippen molar-refractivity contribution in [2.24, 2.45) is 5.92 Å². The maximum absolute atomic E-state index is 10.8. The van der Waals surface area contributed by atoms with Crippen LogP contribution >= 0.6 is 11.3 Å². The van der Waals surface area contributed by atoms with E-state index in [9.17, 15) is 15.3 Å². The fourth-order valence-electron chi connectivity index (χ4n) is 5.10. The number of ether oxygens (including phenoxy) is 1. The molecule has 37 heavy (non-hydrogen) atoms. The molecule has 1 saturated heterocycles. The van der Waals surface area contributed by atoms with Gasteiger partial charge < -0.3 is 30.7 Å². The minimum atomic E-state index is -1.13. The molecule has 5 rings (SSSR count). The lowest BCUT2D eigenvalue weighted by atomic mass is 9.88. The first kappa shape index (κ1) is 26.1. The molecule has 1 aliphatic carbocycles. The van der Waals surface area contributed by atoms with E-state index in [0.717, 1.165) is 59.3 Å². The van der Waals surface area contributed by atoms with Gasteiger partial charge in [-0.05, 0) is 33.3 Å². The highest BCUT2D eigenvalue weighted by molar-refractivity contribution is 7.21. The second-order valence-electron chi connectivity index (χ2n) is 10.3. The third-order valence-corrected chi connectivity index (χ3v) is 8.27. The monoisotopic (exact) mass is 529 g/mol. The van der Waals surface area contributed by atoms with Crippen LogP contribution in [0.15, 0.2) is 18.5 Å². The zero-order valence-corrected chi connectivity index (χ0v) is 22.2. The van der Waals surface area contributed by atoms with Crippen LogP contribution in [0.3, 0.4) is 0 Å². The highest BCUT2D eigenvalue weighted by Gasteiger charge is 2.48. The third kappa shape index (κ3) is 5.69.